The fraction of sp³-hybridized carbons (Fsp3) is 0.167. The molecule has 0 bridgehead atoms. The first-order chi connectivity index (χ1) is 14.5. The molecule has 3 aromatic rings. The van der Waals surface area contributed by atoms with E-state index in [9.17, 15) is 4.79 Å². The zero-order chi connectivity index (χ0) is 21.3. The van der Waals surface area contributed by atoms with Gasteiger partial charge in [0, 0.05) is 15.7 Å². The first-order valence-corrected chi connectivity index (χ1v) is 10.4. The van der Waals surface area contributed by atoms with E-state index < -0.39 is 6.04 Å². The van der Waals surface area contributed by atoms with E-state index in [2.05, 4.69) is 31.8 Å². The van der Waals surface area contributed by atoms with Gasteiger partial charge in [-0.15, -0.1) is 0 Å². The third-order valence-corrected chi connectivity index (χ3v) is 4.98. The number of anilines is 1. The molecule has 0 radical (unpaired) electrons. The Morgan fingerprint density at radius 3 is 2.67 bits per heavy atom. The van der Waals surface area contributed by atoms with Crippen molar-refractivity contribution >= 4 is 33.7 Å². The van der Waals surface area contributed by atoms with Crippen LogP contribution in [-0.2, 0) is 11.4 Å². The van der Waals surface area contributed by atoms with E-state index >= 15 is 0 Å². The molecule has 3 rings (SSSR count). The Hall–Kier alpha value is -3.12. The van der Waals surface area contributed by atoms with Gasteiger partial charge in [-0.25, -0.2) is 5.43 Å². The molecule has 30 heavy (non-hydrogen) atoms. The number of hydrazone groups is 1. The van der Waals surface area contributed by atoms with Gasteiger partial charge in [0.25, 0.3) is 5.91 Å². The molecule has 0 aliphatic rings. The second-order valence-electron chi connectivity index (χ2n) is 6.87. The minimum absolute atomic E-state index is 0.220. The molecule has 0 fully saturated rings. The van der Waals surface area contributed by atoms with Crippen LogP contribution in [0.5, 0.6) is 5.75 Å². The number of hydrogen-bond acceptors (Lipinski definition) is 4. The summed E-state index contributed by atoms with van der Waals surface area (Å²) in [6.45, 7) is 4.23. The number of amides is 1. The van der Waals surface area contributed by atoms with Gasteiger partial charge in [-0.05, 0) is 55.3 Å². The van der Waals surface area contributed by atoms with Crippen LogP contribution < -0.4 is 15.5 Å². The van der Waals surface area contributed by atoms with Crippen LogP contribution in [0.15, 0.2) is 82.4 Å². The number of carbonyl (C=O) groups excluding carboxylic acids is 1. The molecule has 0 aromatic heterocycles. The average molecular weight is 466 g/mol. The Morgan fingerprint density at radius 2 is 1.87 bits per heavy atom. The normalized spacial score (nSPS) is 11.8. The minimum Gasteiger partial charge on any atom is -0.488 e. The number of ether oxygens (including phenoxy) is 1. The number of nitrogens with zero attached hydrogens (tertiary/aromatic N) is 1. The van der Waals surface area contributed by atoms with Crippen LogP contribution in [0.1, 0.15) is 23.6 Å². The summed E-state index contributed by atoms with van der Waals surface area (Å²) in [4.78, 5) is 12.4. The first-order valence-electron chi connectivity index (χ1n) is 9.64. The molecule has 154 valence electrons. The van der Waals surface area contributed by atoms with Crippen molar-refractivity contribution in [1.82, 2.24) is 5.43 Å². The summed E-state index contributed by atoms with van der Waals surface area (Å²) in [6.07, 6.45) is 1.59. The van der Waals surface area contributed by atoms with Crippen molar-refractivity contribution < 1.29 is 9.53 Å². The molecule has 3 aromatic carbocycles. The Kier molecular flexibility index (Phi) is 7.63. The largest absolute Gasteiger partial charge is 0.488 e. The van der Waals surface area contributed by atoms with Gasteiger partial charge in [-0.2, -0.15) is 5.10 Å². The van der Waals surface area contributed by atoms with E-state index in [-0.39, 0.29) is 5.91 Å². The van der Waals surface area contributed by atoms with Gasteiger partial charge >= 0.3 is 0 Å². The predicted molar refractivity (Wildman–Crippen MR) is 125 cm³/mol. The van der Waals surface area contributed by atoms with Gasteiger partial charge in [0.05, 0.1) is 6.21 Å². The summed E-state index contributed by atoms with van der Waals surface area (Å²) < 4.78 is 6.95. The van der Waals surface area contributed by atoms with Crippen molar-refractivity contribution in [1.29, 1.82) is 0 Å². The van der Waals surface area contributed by atoms with Crippen molar-refractivity contribution in [2.75, 3.05) is 5.32 Å². The van der Waals surface area contributed by atoms with E-state index in [1.165, 1.54) is 0 Å². The monoisotopic (exact) mass is 465 g/mol. The highest BCUT2D eigenvalue weighted by Gasteiger charge is 2.12. The topological polar surface area (TPSA) is 62.7 Å². The van der Waals surface area contributed by atoms with Crippen molar-refractivity contribution in [3.8, 4) is 5.75 Å². The van der Waals surface area contributed by atoms with Crippen LogP contribution in [0.3, 0.4) is 0 Å². The molecule has 0 spiro atoms. The molecule has 0 saturated carbocycles. The Labute approximate surface area is 185 Å². The molecule has 0 unspecified atom stereocenters. The summed E-state index contributed by atoms with van der Waals surface area (Å²) >= 11 is 3.46. The predicted octanol–water partition coefficient (Wildman–Crippen LogP) is 5.29. The number of benzene rings is 3. The van der Waals surface area contributed by atoms with Gasteiger partial charge < -0.3 is 10.1 Å². The number of carbonyl (C=O) groups is 1. The number of hydrogen-bond donors (Lipinski definition) is 2. The molecule has 0 heterocycles. The second kappa shape index (κ2) is 10.6. The fourth-order valence-corrected chi connectivity index (χ4v) is 3.25. The number of rotatable bonds is 8. The van der Waals surface area contributed by atoms with Crippen LogP contribution in [-0.4, -0.2) is 18.2 Å². The summed E-state index contributed by atoms with van der Waals surface area (Å²) in [7, 11) is 0. The summed E-state index contributed by atoms with van der Waals surface area (Å²) in [5.41, 5.74) is 6.43. The lowest BCUT2D eigenvalue weighted by atomic mass is 10.2. The van der Waals surface area contributed by atoms with E-state index in [0.29, 0.717) is 12.4 Å². The highest BCUT2D eigenvalue weighted by Crippen LogP contribution is 2.19. The Bertz CT molecular complexity index is 1040. The Balaban J connectivity index is 1.58. The van der Waals surface area contributed by atoms with Crippen LogP contribution in [0, 0.1) is 6.92 Å². The smallest absolute Gasteiger partial charge is 0.262 e. The standard InChI is InChI=1S/C24H24BrN3O2/c1-17-8-3-5-12-22(17)27-18(2)24(29)28-26-15-20-10-4-6-13-23(20)30-16-19-9-7-11-21(25)14-19/h3-15,18,27H,16H2,1-2H3,(H,28,29)/t18-/m1/s1. The summed E-state index contributed by atoms with van der Waals surface area (Å²) in [5.74, 6) is 0.476. The molecule has 0 aliphatic carbocycles. The van der Waals surface area contributed by atoms with Crippen molar-refractivity contribution in [2.45, 2.75) is 26.5 Å². The maximum absolute atomic E-state index is 12.4. The molecule has 0 saturated heterocycles. The highest BCUT2D eigenvalue weighted by atomic mass is 79.9. The van der Waals surface area contributed by atoms with E-state index in [0.717, 1.165) is 26.9 Å². The third-order valence-electron chi connectivity index (χ3n) is 4.49. The van der Waals surface area contributed by atoms with Crippen LogP contribution in [0.4, 0.5) is 5.69 Å². The molecular formula is C24H24BrN3O2. The lowest BCUT2D eigenvalue weighted by molar-refractivity contribution is -0.121. The highest BCUT2D eigenvalue weighted by molar-refractivity contribution is 9.10. The molecule has 0 aliphatic heterocycles. The van der Waals surface area contributed by atoms with Crippen molar-refractivity contribution in [2.24, 2.45) is 5.10 Å². The lowest BCUT2D eigenvalue weighted by Crippen LogP contribution is -2.35. The Morgan fingerprint density at radius 1 is 1.10 bits per heavy atom. The first kappa shape index (κ1) is 21.6. The molecular weight excluding hydrogens is 442 g/mol. The van der Waals surface area contributed by atoms with Gasteiger partial charge in [0.2, 0.25) is 0 Å². The molecule has 5 nitrogen and oxygen atoms in total. The molecule has 6 heteroatoms. The quantitative estimate of drug-likeness (QED) is 0.351. The zero-order valence-corrected chi connectivity index (χ0v) is 18.5. The maximum atomic E-state index is 12.4. The molecule has 1 amide bonds. The average Bonchev–Trinajstić information content (AvgIpc) is 2.74. The van der Waals surface area contributed by atoms with Gasteiger partial charge in [-0.3, -0.25) is 4.79 Å². The van der Waals surface area contributed by atoms with Gasteiger partial charge in [0.1, 0.15) is 18.4 Å². The summed E-state index contributed by atoms with van der Waals surface area (Å²) in [6, 6.07) is 22.9. The minimum atomic E-state index is -0.425. The van der Waals surface area contributed by atoms with E-state index in [1.54, 1.807) is 13.1 Å². The third kappa shape index (κ3) is 6.19. The van der Waals surface area contributed by atoms with Gasteiger partial charge in [0.15, 0.2) is 0 Å². The molecule has 1 atom stereocenters. The number of aryl methyl sites for hydroxylation is 1. The number of nitrogens with one attached hydrogen (secondary N) is 2. The zero-order valence-electron chi connectivity index (χ0n) is 16.9. The molecule has 2 N–H and O–H groups in total. The van der Waals surface area contributed by atoms with Crippen LogP contribution in [0.2, 0.25) is 0 Å². The number of halogens is 1. The van der Waals surface area contributed by atoms with Crippen LogP contribution in [0.25, 0.3) is 0 Å². The fourth-order valence-electron chi connectivity index (χ4n) is 2.80. The van der Waals surface area contributed by atoms with Crippen molar-refractivity contribution in [3.63, 3.8) is 0 Å². The van der Waals surface area contributed by atoms with Crippen LogP contribution >= 0.6 is 15.9 Å². The number of para-hydroxylation sites is 2. The SMILES string of the molecule is Cc1ccccc1N[C@H](C)C(=O)NN=Cc1ccccc1OCc1cccc(Br)c1. The second-order valence-corrected chi connectivity index (χ2v) is 7.79. The van der Waals surface area contributed by atoms with Gasteiger partial charge in [-0.1, -0.05) is 58.4 Å². The van der Waals surface area contributed by atoms with E-state index in [1.807, 2.05) is 79.7 Å². The lowest BCUT2D eigenvalue weighted by Gasteiger charge is -2.15. The summed E-state index contributed by atoms with van der Waals surface area (Å²) in [5, 5.41) is 7.30. The maximum Gasteiger partial charge on any atom is 0.262 e. The van der Waals surface area contributed by atoms with E-state index in [4.69, 9.17) is 4.74 Å². The van der Waals surface area contributed by atoms with Crippen molar-refractivity contribution in [3.05, 3.63) is 94.0 Å².